The lowest BCUT2D eigenvalue weighted by Gasteiger charge is -2.07. The van der Waals surface area contributed by atoms with Crippen molar-refractivity contribution >= 4 is 40.0 Å². The number of para-hydroxylation sites is 1. The van der Waals surface area contributed by atoms with Crippen LogP contribution in [0.2, 0.25) is 0 Å². The van der Waals surface area contributed by atoms with Crippen molar-refractivity contribution < 1.29 is 23.5 Å². The predicted octanol–water partition coefficient (Wildman–Crippen LogP) is 3.24. The second kappa shape index (κ2) is 11.0. The first-order valence-electron chi connectivity index (χ1n) is 9.72. The van der Waals surface area contributed by atoms with Gasteiger partial charge in [0.05, 0.1) is 17.9 Å². The molecule has 0 aliphatic heterocycles. The summed E-state index contributed by atoms with van der Waals surface area (Å²) in [6.45, 7) is 3.84. The highest BCUT2D eigenvalue weighted by atomic mass is 32.2. The summed E-state index contributed by atoms with van der Waals surface area (Å²) in [6.07, 6.45) is 0.732. The first kappa shape index (κ1) is 23.5. The molecule has 0 fully saturated rings. The number of ether oxygens (including phenoxy) is 2. The molecular weight excluding hydrogens is 457 g/mol. The number of carbonyl (C=O) groups excluding carboxylic acids is 2. The zero-order valence-corrected chi connectivity index (χ0v) is 19.1. The van der Waals surface area contributed by atoms with E-state index >= 15 is 0 Å². The Kier molecular flexibility index (Phi) is 8.06. The lowest BCUT2D eigenvalue weighted by molar-refractivity contribution is -0.113. The van der Waals surface area contributed by atoms with Gasteiger partial charge in [-0.1, -0.05) is 30.8 Å². The monoisotopic (exact) mass is 479 g/mol. The largest absolute Gasteiger partial charge is 0.482 e. The molecule has 0 unspecified atom stereocenters. The molecule has 0 saturated carbocycles. The van der Waals surface area contributed by atoms with E-state index in [-0.39, 0.29) is 36.4 Å². The van der Waals surface area contributed by atoms with E-state index in [9.17, 15) is 14.0 Å². The highest BCUT2D eigenvalue weighted by molar-refractivity contribution is 7.99. The van der Waals surface area contributed by atoms with Crippen LogP contribution in [0.25, 0.3) is 0 Å². The number of amides is 1. The molecule has 3 rings (SSSR count). The number of rotatable bonds is 10. The van der Waals surface area contributed by atoms with Gasteiger partial charge in [-0.3, -0.25) is 4.79 Å². The van der Waals surface area contributed by atoms with Gasteiger partial charge < -0.3 is 20.6 Å². The van der Waals surface area contributed by atoms with Gasteiger partial charge in [0.25, 0.3) is 0 Å². The van der Waals surface area contributed by atoms with Crippen molar-refractivity contribution in [2.24, 2.45) is 0 Å². The lowest BCUT2D eigenvalue weighted by atomic mass is 10.2. The molecule has 0 atom stereocenters. The van der Waals surface area contributed by atoms with Gasteiger partial charge in [0.2, 0.25) is 11.1 Å². The third kappa shape index (κ3) is 5.77. The number of hydrogen-bond donors (Lipinski definition) is 2. The van der Waals surface area contributed by atoms with Crippen molar-refractivity contribution in [1.29, 1.82) is 0 Å². The van der Waals surface area contributed by atoms with Gasteiger partial charge in [-0.2, -0.15) is 0 Å². The van der Waals surface area contributed by atoms with Gasteiger partial charge >= 0.3 is 5.97 Å². The number of aromatic nitrogens is 3. The van der Waals surface area contributed by atoms with E-state index in [1.807, 2.05) is 6.92 Å². The Morgan fingerprint density at radius 1 is 1.28 bits per heavy atom. The predicted molar refractivity (Wildman–Crippen MR) is 120 cm³/mol. The summed E-state index contributed by atoms with van der Waals surface area (Å²) in [5, 5.41) is 11.3. The minimum atomic E-state index is -0.496. The minimum absolute atomic E-state index is 0.00880. The number of aryl methyl sites for hydroxylation is 1. The summed E-state index contributed by atoms with van der Waals surface area (Å²) in [5.41, 5.74) is 0.335. The molecule has 32 heavy (non-hydrogen) atoms. The molecule has 1 amide bonds. The van der Waals surface area contributed by atoms with Crippen molar-refractivity contribution in [3.63, 3.8) is 0 Å². The molecule has 0 spiro atoms. The molecule has 0 aliphatic rings. The SMILES string of the molecule is CCOC(=O)c1cc(CC)sc1NC(=O)CSc1nnc(COc2ccccc2F)n1N. The molecule has 0 saturated heterocycles. The summed E-state index contributed by atoms with van der Waals surface area (Å²) >= 11 is 2.40. The second-order valence-electron chi connectivity index (χ2n) is 6.35. The highest BCUT2D eigenvalue weighted by Gasteiger charge is 2.19. The number of thiophene rings is 1. The quantitative estimate of drug-likeness (QED) is 0.258. The van der Waals surface area contributed by atoms with E-state index in [2.05, 4.69) is 15.5 Å². The highest BCUT2D eigenvalue weighted by Crippen LogP contribution is 2.30. The number of nitrogens with zero attached hydrogens (tertiary/aromatic N) is 3. The maximum absolute atomic E-state index is 13.7. The number of thioether (sulfide) groups is 1. The van der Waals surface area contributed by atoms with Gasteiger partial charge in [0.15, 0.2) is 17.4 Å². The van der Waals surface area contributed by atoms with Crippen LogP contribution in [0, 0.1) is 5.82 Å². The molecule has 9 nitrogen and oxygen atoms in total. The average molecular weight is 480 g/mol. The lowest BCUT2D eigenvalue weighted by Crippen LogP contribution is -2.18. The fourth-order valence-corrected chi connectivity index (χ4v) is 4.25. The summed E-state index contributed by atoms with van der Waals surface area (Å²) < 4.78 is 25.3. The van der Waals surface area contributed by atoms with Crippen molar-refractivity contribution in [2.75, 3.05) is 23.5 Å². The Morgan fingerprint density at radius 2 is 2.06 bits per heavy atom. The van der Waals surface area contributed by atoms with Gasteiger partial charge in [-0.25, -0.2) is 13.9 Å². The smallest absolute Gasteiger partial charge is 0.341 e. The Balaban J connectivity index is 1.58. The van der Waals surface area contributed by atoms with Crippen molar-refractivity contribution in [1.82, 2.24) is 14.9 Å². The molecule has 2 aromatic heterocycles. The number of benzene rings is 1. The third-order valence-electron chi connectivity index (χ3n) is 4.14. The van der Waals surface area contributed by atoms with Gasteiger partial charge in [-0.15, -0.1) is 21.5 Å². The van der Waals surface area contributed by atoms with Gasteiger partial charge in [0.1, 0.15) is 11.6 Å². The number of nitrogens with two attached hydrogens (primary N) is 1. The number of nitrogens with one attached hydrogen (secondary N) is 1. The van der Waals surface area contributed by atoms with Crippen LogP contribution in [-0.4, -0.2) is 39.1 Å². The molecule has 0 radical (unpaired) electrons. The van der Waals surface area contributed by atoms with Crippen molar-refractivity contribution in [3.05, 3.63) is 52.4 Å². The standard InChI is InChI=1S/C20H22FN5O4S2/c1-3-12-9-13(19(28)29-4-2)18(32-12)23-17(27)11-31-20-25-24-16(26(20)22)10-30-15-8-6-5-7-14(15)21/h5-9H,3-4,10-11,22H2,1-2H3,(H,23,27). The van der Waals surface area contributed by atoms with Crippen LogP contribution in [0.1, 0.15) is 34.9 Å². The second-order valence-corrected chi connectivity index (χ2v) is 8.43. The van der Waals surface area contributed by atoms with Crippen LogP contribution in [0.3, 0.4) is 0 Å². The Labute approximate surface area is 192 Å². The Bertz CT molecular complexity index is 1100. The van der Waals surface area contributed by atoms with Crippen LogP contribution in [0.15, 0.2) is 35.5 Å². The first-order chi connectivity index (χ1) is 15.4. The number of halogens is 1. The maximum Gasteiger partial charge on any atom is 0.341 e. The normalized spacial score (nSPS) is 10.7. The molecule has 0 aliphatic carbocycles. The molecule has 3 aromatic rings. The summed E-state index contributed by atoms with van der Waals surface area (Å²) in [6, 6.07) is 7.71. The van der Waals surface area contributed by atoms with Gasteiger partial charge in [0, 0.05) is 4.88 Å². The molecule has 3 N–H and O–H groups in total. The molecule has 170 valence electrons. The Hall–Kier alpha value is -3.12. The van der Waals surface area contributed by atoms with E-state index in [4.69, 9.17) is 15.3 Å². The van der Waals surface area contributed by atoms with E-state index in [1.165, 1.54) is 28.1 Å². The van der Waals surface area contributed by atoms with E-state index in [1.54, 1.807) is 25.1 Å². The molecule has 0 bridgehead atoms. The zero-order valence-electron chi connectivity index (χ0n) is 17.5. The van der Waals surface area contributed by atoms with Crippen molar-refractivity contribution in [2.45, 2.75) is 32.0 Å². The van der Waals surface area contributed by atoms with Crippen LogP contribution >= 0.6 is 23.1 Å². The number of hydrogen-bond acceptors (Lipinski definition) is 9. The molecular formula is C20H22FN5O4S2. The maximum atomic E-state index is 13.7. The number of carbonyl (C=O) groups is 2. The fourth-order valence-electron chi connectivity index (χ4n) is 2.57. The number of nitrogen functional groups attached to an aromatic ring is 1. The average Bonchev–Trinajstić information content (AvgIpc) is 3.35. The molecule has 12 heteroatoms. The minimum Gasteiger partial charge on any atom is -0.482 e. The summed E-state index contributed by atoms with van der Waals surface area (Å²) in [7, 11) is 0. The molecule has 1 aromatic carbocycles. The molecule has 2 heterocycles. The van der Waals surface area contributed by atoms with Crippen LogP contribution < -0.4 is 15.9 Å². The Morgan fingerprint density at radius 3 is 2.78 bits per heavy atom. The number of anilines is 1. The van der Waals surface area contributed by atoms with Crippen LogP contribution in [-0.2, 0) is 22.6 Å². The van der Waals surface area contributed by atoms with E-state index < -0.39 is 11.8 Å². The number of esters is 1. The zero-order chi connectivity index (χ0) is 23.1. The van der Waals surface area contributed by atoms with Crippen molar-refractivity contribution in [3.8, 4) is 5.75 Å². The van der Waals surface area contributed by atoms with E-state index in [0.29, 0.717) is 15.7 Å². The third-order valence-corrected chi connectivity index (χ3v) is 6.28. The van der Waals surface area contributed by atoms with Crippen LogP contribution in [0.5, 0.6) is 5.75 Å². The first-order valence-corrected chi connectivity index (χ1v) is 11.5. The topological polar surface area (TPSA) is 121 Å². The summed E-state index contributed by atoms with van der Waals surface area (Å²) in [4.78, 5) is 25.5. The van der Waals surface area contributed by atoms with E-state index in [0.717, 1.165) is 23.1 Å². The summed E-state index contributed by atoms with van der Waals surface area (Å²) in [5.74, 6) is 4.99. The fraction of sp³-hybridized carbons (Fsp3) is 0.300. The van der Waals surface area contributed by atoms with Crippen LogP contribution in [0.4, 0.5) is 9.39 Å². The van der Waals surface area contributed by atoms with Gasteiger partial charge in [-0.05, 0) is 31.5 Å².